The number of rotatable bonds is 11. The van der Waals surface area contributed by atoms with Gasteiger partial charge >= 0.3 is 0 Å². The number of fused-ring (bicyclic) bond motifs is 1. The van der Waals surface area contributed by atoms with Crippen molar-refractivity contribution in [2.75, 3.05) is 6.54 Å². The van der Waals surface area contributed by atoms with Gasteiger partial charge in [-0.15, -0.1) is 0 Å². The molecule has 2 aromatic carbocycles. The van der Waals surface area contributed by atoms with Gasteiger partial charge in [0, 0.05) is 29.4 Å². The molecule has 2 heterocycles. The summed E-state index contributed by atoms with van der Waals surface area (Å²) >= 11 is 0. The number of carbonyl (C=O) groups is 3. The lowest BCUT2D eigenvalue weighted by atomic mass is 9.92. The van der Waals surface area contributed by atoms with E-state index in [4.69, 9.17) is 0 Å². The molecule has 1 aliphatic rings. The van der Waals surface area contributed by atoms with Crippen LogP contribution in [0.2, 0.25) is 0 Å². The molecule has 1 aliphatic heterocycles. The molecule has 0 aliphatic carbocycles. The second-order valence-electron chi connectivity index (χ2n) is 11.2. The molecule has 38 heavy (non-hydrogen) atoms. The summed E-state index contributed by atoms with van der Waals surface area (Å²) in [5.41, 5.74) is 3.68. The van der Waals surface area contributed by atoms with Crippen molar-refractivity contribution in [3.63, 3.8) is 0 Å². The quantitative estimate of drug-likeness (QED) is 0.297. The van der Waals surface area contributed by atoms with Gasteiger partial charge < -0.3 is 20.9 Å². The van der Waals surface area contributed by atoms with Gasteiger partial charge in [0.15, 0.2) is 0 Å². The maximum Gasteiger partial charge on any atom is 0.268 e. The van der Waals surface area contributed by atoms with Gasteiger partial charge in [-0.25, -0.2) is 0 Å². The van der Waals surface area contributed by atoms with Gasteiger partial charge in [0.25, 0.3) is 5.91 Å². The van der Waals surface area contributed by atoms with E-state index in [1.54, 1.807) is 6.07 Å². The van der Waals surface area contributed by atoms with Crippen molar-refractivity contribution in [3.8, 4) is 0 Å². The molecular weight excluding hydrogens is 476 g/mol. The van der Waals surface area contributed by atoms with E-state index in [1.165, 1.54) is 5.56 Å². The summed E-state index contributed by atoms with van der Waals surface area (Å²) in [5.74, 6) is 0.0455. The Bertz CT molecular complexity index is 1230. The fraction of sp³-hybridized carbons (Fsp3) is 0.452. The van der Waals surface area contributed by atoms with Gasteiger partial charge in [0.1, 0.15) is 11.7 Å². The standard InChI is InChI=1S/C31H40N4O3/c1-19(2)15-27(35-31(38)28-18-23-7-5-6-8-26(23)34-28)30(37)33-25(17-24-13-14-32-29(24)36)16-21-9-11-22(12-10-21)20(3)4/h5-12,18-20,24-25,27,34H,13-17H2,1-4H3,(H,32,36)(H,33,37)(H,35,38)/t24-,25+,27-/m0/s1. The number of aromatic nitrogens is 1. The van der Waals surface area contributed by atoms with E-state index in [1.807, 2.05) is 38.1 Å². The zero-order valence-electron chi connectivity index (χ0n) is 22.8. The van der Waals surface area contributed by atoms with Crippen LogP contribution in [0.15, 0.2) is 54.6 Å². The van der Waals surface area contributed by atoms with E-state index >= 15 is 0 Å². The van der Waals surface area contributed by atoms with E-state index in [0.717, 1.165) is 22.9 Å². The largest absolute Gasteiger partial charge is 0.356 e. The average molecular weight is 517 g/mol. The molecule has 7 heteroatoms. The van der Waals surface area contributed by atoms with Gasteiger partial charge in [-0.05, 0) is 60.8 Å². The molecule has 1 aromatic heterocycles. The Kier molecular flexibility index (Phi) is 8.87. The van der Waals surface area contributed by atoms with E-state index in [9.17, 15) is 14.4 Å². The predicted octanol–water partition coefficient (Wildman–Crippen LogP) is 4.69. The average Bonchev–Trinajstić information content (AvgIpc) is 3.49. The normalized spacial score (nSPS) is 17.0. The number of hydrogen-bond donors (Lipinski definition) is 4. The fourth-order valence-electron chi connectivity index (χ4n) is 5.17. The fourth-order valence-corrected chi connectivity index (χ4v) is 5.17. The molecule has 3 amide bonds. The summed E-state index contributed by atoms with van der Waals surface area (Å²) in [6, 6.07) is 17.1. The number of carbonyl (C=O) groups excluding carboxylic acids is 3. The predicted molar refractivity (Wildman–Crippen MR) is 151 cm³/mol. The van der Waals surface area contributed by atoms with Crippen molar-refractivity contribution < 1.29 is 14.4 Å². The summed E-state index contributed by atoms with van der Waals surface area (Å²) < 4.78 is 0. The molecule has 202 valence electrons. The SMILES string of the molecule is CC(C)C[C@H](NC(=O)c1cc2ccccc2[nH]1)C(=O)N[C@H](Cc1ccc(C(C)C)cc1)C[C@@H]1CCNC1=O. The van der Waals surface area contributed by atoms with Crippen LogP contribution in [-0.4, -0.2) is 41.3 Å². The van der Waals surface area contributed by atoms with Crippen LogP contribution in [0.5, 0.6) is 0 Å². The van der Waals surface area contributed by atoms with Crippen LogP contribution in [0.25, 0.3) is 10.9 Å². The summed E-state index contributed by atoms with van der Waals surface area (Å²) in [6.07, 6.45) is 2.47. The molecule has 0 saturated carbocycles. The molecular formula is C31H40N4O3. The highest BCUT2D eigenvalue weighted by Gasteiger charge is 2.30. The van der Waals surface area contributed by atoms with Crippen LogP contribution in [0, 0.1) is 11.8 Å². The van der Waals surface area contributed by atoms with Crippen LogP contribution in [0.3, 0.4) is 0 Å². The van der Waals surface area contributed by atoms with Crippen LogP contribution in [-0.2, 0) is 16.0 Å². The third-order valence-corrected chi connectivity index (χ3v) is 7.31. The van der Waals surface area contributed by atoms with Crippen molar-refractivity contribution in [1.29, 1.82) is 0 Å². The molecule has 0 unspecified atom stereocenters. The van der Waals surface area contributed by atoms with Crippen LogP contribution >= 0.6 is 0 Å². The minimum absolute atomic E-state index is 0.0465. The zero-order valence-corrected chi connectivity index (χ0v) is 22.8. The summed E-state index contributed by atoms with van der Waals surface area (Å²) in [5, 5.41) is 10.0. The molecule has 0 spiro atoms. The number of hydrogen-bond acceptors (Lipinski definition) is 3. The molecule has 0 bridgehead atoms. The lowest BCUT2D eigenvalue weighted by Gasteiger charge is -2.26. The number of benzene rings is 2. The first-order valence-electron chi connectivity index (χ1n) is 13.7. The van der Waals surface area contributed by atoms with Crippen molar-refractivity contribution in [3.05, 3.63) is 71.4 Å². The number of nitrogens with one attached hydrogen (secondary N) is 4. The molecule has 3 atom stereocenters. The molecule has 7 nitrogen and oxygen atoms in total. The topological polar surface area (TPSA) is 103 Å². The Labute approximate surface area is 225 Å². The van der Waals surface area contributed by atoms with E-state index in [-0.39, 0.29) is 35.6 Å². The summed E-state index contributed by atoms with van der Waals surface area (Å²) in [7, 11) is 0. The van der Waals surface area contributed by atoms with E-state index < -0.39 is 6.04 Å². The van der Waals surface area contributed by atoms with Gasteiger partial charge in [-0.3, -0.25) is 14.4 Å². The maximum absolute atomic E-state index is 13.6. The lowest BCUT2D eigenvalue weighted by molar-refractivity contribution is -0.126. The van der Waals surface area contributed by atoms with Gasteiger partial charge in [-0.1, -0.05) is 70.2 Å². The minimum atomic E-state index is -0.683. The highest BCUT2D eigenvalue weighted by molar-refractivity contribution is 6.00. The summed E-state index contributed by atoms with van der Waals surface area (Å²) in [6.45, 7) is 9.06. The molecule has 1 saturated heterocycles. The second-order valence-corrected chi connectivity index (χ2v) is 11.2. The highest BCUT2D eigenvalue weighted by Crippen LogP contribution is 2.21. The Morgan fingerprint density at radius 3 is 2.37 bits per heavy atom. The first-order valence-corrected chi connectivity index (χ1v) is 13.7. The Hall–Kier alpha value is -3.61. The monoisotopic (exact) mass is 516 g/mol. The third kappa shape index (κ3) is 7.03. The van der Waals surface area contributed by atoms with Gasteiger partial charge in [-0.2, -0.15) is 0 Å². The summed E-state index contributed by atoms with van der Waals surface area (Å²) in [4.78, 5) is 42.2. The molecule has 0 radical (unpaired) electrons. The molecule has 3 aromatic rings. The zero-order chi connectivity index (χ0) is 27.2. The number of para-hydroxylation sites is 1. The Balaban J connectivity index is 1.49. The number of H-pyrrole nitrogens is 1. The molecule has 4 N–H and O–H groups in total. The molecule has 1 fully saturated rings. The highest BCUT2D eigenvalue weighted by atomic mass is 16.2. The van der Waals surface area contributed by atoms with Crippen molar-refractivity contribution in [2.45, 2.75) is 71.4 Å². The number of amides is 3. The van der Waals surface area contributed by atoms with Crippen molar-refractivity contribution in [1.82, 2.24) is 20.9 Å². The first-order chi connectivity index (χ1) is 18.2. The first kappa shape index (κ1) is 27.4. The minimum Gasteiger partial charge on any atom is -0.356 e. The van der Waals surface area contributed by atoms with Crippen molar-refractivity contribution >= 4 is 28.6 Å². The van der Waals surface area contributed by atoms with Crippen molar-refractivity contribution in [2.24, 2.45) is 11.8 Å². The lowest BCUT2D eigenvalue weighted by Crippen LogP contribution is -2.51. The van der Waals surface area contributed by atoms with Crippen LogP contribution < -0.4 is 16.0 Å². The van der Waals surface area contributed by atoms with Gasteiger partial charge in [0.05, 0.1) is 0 Å². The second kappa shape index (κ2) is 12.3. The van der Waals surface area contributed by atoms with E-state index in [2.05, 4.69) is 59.0 Å². The van der Waals surface area contributed by atoms with Crippen LogP contribution in [0.1, 0.15) is 74.5 Å². The third-order valence-electron chi connectivity index (χ3n) is 7.31. The van der Waals surface area contributed by atoms with Gasteiger partial charge in [0.2, 0.25) is 11.8 Å². The smallest absolute Gasteiger partial charge is 0.268 e. The van der Waals surface area contributed by atoms with E-state index in [0.29, 0.717) is 37.4 Å². The molecule has 4 rings (SSSR count). The van der Waals surface area contributed by atoms with Crippen LogP contribution in [0.4, 0.5) is 0 Å². The number of aromatic amines is 1. The maximum atomic E-state index is 13.6. The Morgan fingerprint density at radius 1 is 1.00 bits per heavy atom. The Morgan fingerprint density at radius 2 is 1.74 bits per heavy atom.